The first-order valence-electron chi connectivity index (χ1n) is 10.6. The maximum absolute atomic E-state index is 13.0. The normalized spacial score (nSPS) is 16.0. The summed E-state index contributed by atoms with van der Waals surface area (Å²) in [5, 5.41) is 3.55. The summed E-state index contributed by atoms with van der Waals surface area (Å²) < 4.78 is 10.9. The highest BCUT2D eigenvalue weighted by molar-refractivity contribution is 7.17. The number of amides is 1. The highest BCUT2D eigenvalue weighted by Crippen LogP contribution is 2.44. The molecule has 1 aliphatic carbocycles. The molecule has 0 fully saturated rings. The Bertz CT molecular complexity index is 926. The van der Waals surface area contributed by atoms with Crippen LogP contribution in [0.1, 0.15) is 72.2 Å². The average molecular weight is 430 g/mol. The molecular formula is C24H31NO4S. The Balaban J connectivity index is 1.95. The molecule has 0 bridgehead atoms. The molecule has 2 aromatic rings. The number of carbonyl (C=O) groups is 2. The van der Waals surface area contributed by atoms with Gasteiger partial charge in [-0.25, -0.2) is 4.79 Å². The highest BCUT2D eigenvalue weighted by Gasteiger charge is 2.34. The second kappa shape index (κ2) is 9.21. The van der Waals surface area contributed by atoms with E-state index in [1.807, 2.05) is 13.0 Å². The van der Waals surface area contributed by atoms with Gasteiger partial charge in [-0.15, -0.1) is 11.3 Å². The molecule has 3 rings (SSSR count). The van der Waals surface area contributed by atoms with Crippen molar-refractivity contribution in [3.05, 3.63) is 45.8 Å². The molecule has 1 aromatic carbocycles. The fourth-order valence-electron chi connectivity index (χ4n) is 3.94. The summed E-state index contributed by atoms with van der Waals surface area (Å²) >= 11 is 1.50. The molecule has 0 saturated heterocycles. The van der Waals surface area contributed by atoms with E-state index in [1.54, 1.807) is 25.1 Å². The maximum Gasteiger partial charge on any atom is 0.341 e. The van der Waals surface area contributed by atoms with Crippen LogP contribution in [0.3, 0.4) is 0 Å². The van der Waals surface area contributed by atoms with Crippen molar-refractivity contribution < 1.29 is 19.1 Å². The van der Waals surface area contributed by atoms with Gasteiger partial charge >= 0.3 is 5.97 Å². The standard InChI is InChI=1S/C24H31NO4S/c1-6-28-18-11-9-8-10-16(18)21(26)25-22-20(23(27)29-7-2)17-13-12-15(24(3,4)5)14-19(17)30-22/h8-11,15H,6-7,12-14H2,1-5H3,(H,25,26)/t15-/m1/s1. The first-order valence-corrected chi connectivity index (χ1v) is 11.4. The van der Waals surface area contributed by atoms with Gasteiger partial charge in [0.25, 0.3) is 5.91 Å². The van der Waals surface area contributed by atoms with Crippen LogP contribution < -0.4 is 10.1 Å². The number of carbonyl (C=O) groups excluding carboxylic acids is 2. The second-order valence-corrected chi connectivity index (χ2v) is 9.72. The number of fused-ring (bicyclic) bond motifs is 1. The van der Waals surface area contributed by atoms with E-state index in [2.05, 4.69) is 26.1 Å². The molecule has 6 heteroatoms. The predicted octanol–water partition coefficient (Wildman–Crippen LogP) is 5.73. The van der Waals surface area contributed by atoms with Gasteiger partial charge in [0, 0.05) is 4.88 Å². The van der Waals surface area contributed by atoms with Gasteiger partial charge in [0.15, 0.2) is 0 Å². The number of anilines is 1. The molecule has 1 heterocycles. The zero-order valence-electron chi connectivity index (χ0n) is 18.5. The lowest BCUT2D eigenvalue weighted by Gasteiger charge is -2.33. The second-order valence-electron chi connectivity index (χ2n) is 8.62. The molecule has 5 nitrogen and oxygen atoms in total. The number of thiophene rings is 1. The van der Waals surface area contributed by atoms with E-state index in [0.717, 1.165) is 24.8 Å². The zero-order chi connectivity index (χ0) is 21.9. The highest BCUT2D eigenvalue weighted by atomic mass is 32.1. The van der Waals surface area contributed by atoms with Crippen molar-refractivity contribution in [2.24, 2.45) is 11.3 Å². The molecule has 1 aliphatic rings. The van der Waals surface area contributed by atoms with Gasteiger partial charge in [0.2, 0.25) is 0 Å². The number of nitrogens with one attached hydrogen (secondary N) is 1. The number of benzene rings is 1. The summed E-state index contributed by atoms with van der Waals surface area (Å²) in [5.41, 5.74) is 2.21. The quantitative estimate of drug-likeness (QED) is 0.596. The van der Waals surface area contributed by atoms with Crippen molar-refractivity contribution in [1.29, 1.82) is 0 Å². The summed E-state index contributed by atoms with van der Waals surface area (Å²) in [7, 11) is 0. The van der Waals surface area contributed by atoms with Crippen LogP contribution in [0.2, 0.25) is 0 Å². The number of ether oxygens (including phenoxy) is 2. The van der Waals surface area contributed by atoms with Gasteiger partial charge in [-0.1, -0.05) is 32.9 Å². The first kappa shape index (κ1) is 22.3. The summed E-state index contributed by atoms with van der Waals surface area (Å²) in [6.07, 6.45) is 2.77. The average Bonchev–Trinajstić information content (AvgIpc) is 3.05. The Labute approximate surface area is 182 Å². The number of esters is 1. The Kier molecular flexibility index (Phi) is 6.86. The van der Waals surface area contributed by atoms with Crippen molar-refractivity contribution >= 4 is 28.2 Å². The molecule has 0 radical (unpaired) electrons. The molecule has 1 aromatic heterocycles. The zero-order valence-corrected chi connectivity index (χ0v) is 19.3. The van der Waals surface area contributed by atoms with Crippen molar-refractivity contribution in [3.63, 3.8) is 0 Å². The van der Waals surface area contributed by atoms with E-state index in [9.17, 15) is 9.59 Å². The fraction of sp³-hybridized carbons (Fsp3) is 0.500. The number of rotatable bonds is 6. The third-order valence-electron chi connectivity index (χ3n) is 5.63. The lowest BCUT2D eigenvalue weighted by molar-refractivity contribution is 0.0526. The van der Waals surface area contributed by atoms with Crippen molar-refractivity contribution in [1.82, 2.24) is 0 Å². The summed E-state index contributed by atoms with van der Waals surface area (Å²) in [6, 6.07) is 7.14. The largest absolute Gasteiger partial charge is 0.493 e. The van der Waals surface area contributed by atoms with Crippen LogP contribution in [0.25, 0.3) is 0 Å². The van der Waals surface area contributed by atoms with E-state index in [1.165, 1.54) is 16.2 Å². The minimum atomic E-state index is -0.363. The van der Waals surface area contributed by atoms with Crippen LogP contribution in [0, 0.1) is 11.3 Å². The van der Waals surface area contributed by atoms with E-state index in [-0.39, 0.29) is 17.3 Å². The van der Waals surface area contributed by atoms with E-state index in [0.29, 0.717) is 41.0 Å². The lowest BCUT2D eigenvalue weighted by atomic mass is 9.72. The topological polar surface area (TPSA) is 64.6 Å². The summed E-state index contributed by atoms with van der Waals surface area (Å²) in [4.78, 5) is 27.0. The van der Waals surface area contributed by atoms with Gasteiger partial charge in [0.1, 0.15) is 10.8 Å². The van der Waals surface area contributed by atoms with Crippen LogP contribution >= 0.6 is 11.3 Å². The van der Waals surface area contributed by atoms with E-state index >= 15 is 0 Å². The molecular weight excluding hydrogens is 398 g/mol. The molecule has 0 saturated carbocycles. The van der Waals surface area contributed by atoms with Crippen LogP contribution in [-0.2, 0) is 17.6 Å². The Hall–Kier alpha value is -2.34. The van der Waals surface area contributed by atoms with Crippen LogP contribution in [0.15, 0.2) is 24.3 Å². The molecule has 1 amide bonds. The third kappa shape index (κ3) is 4.69. The molecule has 0 unspecified atom stereocenters. The fourth-order valence-corrected chi connectivity index (χ4v) is 5.25. The monoisotopic (exact) mass is 429 g/mol. The molecule has 1 atom stereocenters. The van der Waals surface area contributed by atoms with Gasteiger partial charge in [0.05, 0.1) is 24.3 Å². The Morgan fingerprint density at radius 1 is 1.17 bits per heavy atom. The third-order valence-corrected chi connectivity index (χ3v) is 6.80. The van der Waals surface area contributed by atoms with Gasteiger partial charge in [-0.2, -0.15) is 0 Å². The van der Waals surface area contributed by atoms with Crippen molar-refractivity contribution in [2.75, 3.05) is 18.5 Å². The summed E-state index contributed by atoms with van der Waals surface area (Å²) in [6.45, 7) is 11.2. The van der Waals surface area contributed by atoms with E-state index < -0.39 is 0 Å². The smallest absolute Gasteiger partial charge is 0.341 e. The molecule has 0 spiro atoms. The molecule has 30 heavy (non-hydrogen) atoms. The molecule has 1 N–H and O–H groups in total. The van der Waals surface area contributed by atoms with Crippen molar-refractivity contribution in [3.8, 4) is 5.75 Å². The first-order chi connectivity index (χ1) is 14.3. The van der Waals surface area contributed by atoms with Crippen LogP contribution in [0.5, 0.6) is 5.75 Å². The van der Waals surface area contributed by atoms with Gasteiger partial charge in [-0.3, -0.25) is 4.79 Å². The Morgan fingerprint density at radius 2 is 1.90 bits per heavy atom. The van der Waals surface area contributed by atoms with Crippen LogP contribution in [0.4, 0.5) is 5.00 Å². The number of hydrogen-bond donors (Lipinski definition) is 1. The molecule has 162 valence electrons. The van der Waals surface area contributed by atoms with Crippen LogP contribution in [-0.4, -0.2) is 25.1 Å². The predicted molar refractivity (Wildman–Crippen MR) is 121 cm³/mol. The SMILES string of the molecule is CCOC(=O)c1c(NC(=O)c2ccccc2OCC)sc2c1CC[C@@H](C(C)(C)C)C2. The lowest BCUT2D eigenvalue weighted by Crippen LogP contribution is -2.26. The minimum Gasteiger partial charge on any atom is -0.493 e. The minimum absolute atomic E-state index is 0.200. The van der Waals surface area contributed by atoms with Crippen molar-refractivity contribution in [2.45, 2.75) is 53.9 Å². The summed E-state index contributed by atoms with van der Waals surface area (Å²) in [5.74, 6) is 0.429. The van der Waals surface area contributed by atoms with E-state index in [4.69, 9.17) is 9.47 Å². The molecule has 0 aliphatic heterocycles. The van der Waals surface area contributed by atoms with Gasteiger partial charge in [-0.05, 0) is 62.1 Å². The number of para-hydroxylation sites is 1. The van der Waals surface area contributed by atoms with Gasteiger partial charge < -0.3 is 14.8 Å². The maximum atomic E-state index is 13.0. The Morgan fingerprint density at radius 3 is 2.57 bits per heavy atom. The number of hydrogen-bond acceptors (Lipinski definition) is 5.